The summed E-state index contributed by atoms with van der Waals surface area (Å²) >= 11 is 0. The standard InChI is InChI=1S/C13H12N2O3/c1-3-18-12-6-9(4-5-11(12)17-2)13(16)10(7-14)8-15/h4-6,10H,3H2,1-2H3. The Balaban J connectivity index is 3.13. The molecule has 92 valence electrons. The zero-order valence-electron chi connectivity index (χ0n) is 10.1. The Morgan fingerprint density at radius 2 is 2.00 bits per heavy atom. The third-order valence-electron chi connectivity index (χ3n) is 2.27. The first-order chi connectivity index (χ1) is 8.67. The number of rotatable bonds is 5. The number of benzene rings is 1. The van der Waals surface area contributed by atoms with Crippen molar-refractivity contribution in [1.82, 2.24) is 0 Å². The zero-order valence-corrected chi connectivity index (χ0v) is 10.1. The van der Waals surface area contributed by atoms with Crippen molar-refractivity contribution in [3.05, 3.63) is 23.8 Å². The lowest BCUT2D eigenvalue weighted by Gasteiger charge is -2.10. The van der Waals surface area contributed by atoms with E-state index in [4.69, 9.17) is 20.0 Å². The molecule has 0 atom stereocenters. The summed E-state index contributed by atoms with van der Waals surface area (Å²) in [5.74, 6) is -0.921. The van der Waals surface area contributed by atoms with Crippen LogP contribution in [0.1, 0.15) is 17.3 Å². The first kappa shape index (κ1) is 13.5. The molecule has 0 aliphatic heterocycles. The maximum absolute atomic E-state index is 11.8. The molecule has 0 amide bonds. The van der Waals surface area contributed by atoms with Crippen LogP contribution in [0.15, 0.2) is 18.2 Å². The lowest BCUT2D eigenvalue weighted by molar-refractivity contribution is 0.0970. The maximum atomic E-state index is 11.8. The fourth-order valence-electron chi connectivity index (χ4n) is 1.41. The van der Waals surface area contributed by atoms with Crippen LogP contribution < -0.4 is 9.47 Å². The summed E-state index contributed by atoms with van der Waals surface area (Å²) in [7, 11) is 1.49. The molecular formula is C13H12N2O3. The SMILES string of the molecule is CCOc1cc(C(=O)C(C#N)C#N)ccc1OC. The van der Waals surface area contributed by atoms with E-state index in [9.17, 15) is 4.79 Å². The van der Waals surface area contributed by atoms with E-state index in [-0.39, 0.29) is 5.56 Å². The summed E-state index contributed by atoms with van der Waals surface area (Å²) in [6, 6.07) is 7.85. The third-order valence-corrected chi connectivity index (χ3v) is 2.27. The summed E-state index contributed by atoms with van der Waals surface area (Å²) in [5, 5.41) is 17.4. The van der Waals surface area contributed by atoms with Crippen LogP contribution in [0, 0.1) is 28.6 Å². The maximum Gasteiger partial charge on any atom is 0.195 e. The van der Waals surface area contributed by atoms with Gasteiger partial charge in [0.05, 0.1) is 25.9 Å². The van der Waals surface area contributed by atoms with Gasteiger partial charge in [0.2, 0.25) is 0 Å². The Morgan fingerprint density at radius 3 is 2.50 bits per heavy atom. The van der Waals surface area contributed by atoms with Gasteiger partial charge in [-0.15, -0.1) is 0 Å². The van der Waals surface area contributed by atoms with Crippen LogP contribution in [0.2, 0.25) is 0 Å². The van der Waals surface area contributed by atoms with Gasteiger partial charge in [0, 0.05) is 5.56 Å². The third kappa shape index (κ3) is 2.78. The number of nitriles is 2. The fourth-order valence-corrected chi connectivity index (χ4v) is 1.41. The molecule has 0 radical (unpaired) electrons. The van der Waals surface area contributed by atoms with E-state index in [2.05, 4.69) is 0 Å². The first-order valence-electron chi connectivity index (χ1n) is 5.32. The zero-order chi connectivity index (χ0) is 13.5. The van der Waals surface area contributed by atoms with Gasteiger partial charge >= 0.3 is 0 Å². The number of methoxy groups -OCH3 is 1. The molecule has 1 aromatic rings. The van der Waals surface area contributed by atoms with Gasteiger partial charge in [-0.05, 0) is 25.1 Å². The minimum atomic E-state index is -1.30. The lowest BCUT2D eigenvalue weighted by Crippen LogP contribution is -2.11. The van der Waals surface area contributed by atoms with E-state index >= 15 is 0 Å². The molecule has 1 rings (SSSR count). The predicted octanol–water partition coefficient (Wildman–Crippen LogP) is 1.94. The summed E-state index contributed by atoms with van der Waals surface area (Å²) in [4.78, 5) is 11.8. The smallest absolute Gasteiger partial charge is 0.195 e. The van der Waals surface area contributed by atoms with E-state index in [1.54, 1.807) is 25.1 Å². The molecule has 5 nitrogen and oxygen atoms in total. The van der Waals surface area contributed by atoms with Gasteiger partial charge < -0.3 is 9.47 Å². The van der Waals surface area contributed by atoms with Crippen molar-refractivity contribution in [2.45, 2.75) is 6.92 Å². The predicted molar refractivity (Wildman–Crippen MR) is 63.2 cm³/mol. The molecule has 0 saturated carbocycles. The highest BCUT2D eigenvalue weighted by Gasteiger charge is 2.20. The van der Waals surface area contributed by atoms with Crippen molar-refractivity contribution in [2.24, 2.45) is 5.92 Å². The molecule has 0 aliphatic rings. The van der Waals surface area contributed by atoms with E-state index in [1.165, 1.54) is 19.2 Å². The summed E-state index contributed by atoms with van der Waals surface area (Å²) in [6.45, 7) is 2.23. The molecule has 0 fully saturated rings. The second-order valence-corrected chi connectivity index (χ2v) is 3.35. The number of Topliss-reactive ketones (excluding diaryl/α,β-unsaturated/α-hetero) is 1. The van der Waals surface area contributed by atoms with E-state index < -0.39 is 11.7 Å². The molecule has 0 spiro atoms. The molecule has 0 N–H and O–H groups in total. The average Bonchev–Trinajstić information content (AvgIpc) is 2.40. The fraction of sp³-hybridized carbons (Fsp3) is 0.308. The molecule has 0 saturated heterocycles. The average molecular weight is 244 g/mol. The first-order valence-corrected chi connectivity index (χ1v) is 5.32. The van der Waals surface area contributed by atoms with Crippen LogP contribution in [-0.2, 0) is 0 Å². The van der Waals surface area contributed by atoms with Gasteiger partial charge in [0.15, 0.2) is 23.2 Å². The highest BCUT2D eigenvalue weighted by Crippen LogP contribution is 2.28. The molecule has 0 unspecified atom stereocenters. The van der Waals surface area contributed by atoms with Crippen LogP contribution in [0.3, 0.4) is 0 Å². The molecule has 18 heavy (non-hydrogen) atoms. The highest BCUT2D eigenvalue weighted by atomic mass is 16.5. The molecular weight excluding hydrogens is 232 g/mol. The van der Waals surface area contributed by atoms with Crippen LogP contribution in [-0.4, -0.2) is 19.5 Å². The Kier molecular flexibility index (Phi) is 4.71. The Morgan fingerprint density at radius 1 is 1.33 bits per heavy atom. The molecule has 0 aliphatic carbocycles. The number of hydrogen-bond acceptors (Lipinski definition) is 5. The summed E-state index contributed by atoms with van der Waals surface area (Å²) < 4.78 is 10.4. The van der Waals surface area contributed by atoms with Crippen molar-refractivity contribution in [2.75, 3.05) is 13.7 Å². The van der Waals surface area contributed by atoms with Crippen LogP contribution in [0.5, 0.6) is 11.5 Å². The second-order valence-electron chi connectivity index (χ2n) is 3.35. The summed E-state index contributed by atoms with van der Waals surface area (Å²) in [5.41, 5.74) is 0.257. The Labute approximate surface area is 105 Å². The number of carbonyl (C=O) groups excluding carboxylic acids is 1. The van der Waals surface area contributed by atoms with Crippen LogP contribution in [0.4, 0.5) is 0 Å². The molecule has 0 heterocycles. The molecule has 5 heteroatoms. The molecule has 0 bridgehead atoms. The topological polar surface area (TPSA) is 83.1 Å². The number of carbonyl (C=O) groups is 1. The van der Waals surface area contributed by atoms with Crippen molar-refractivity contribution >= 4 is 5.78 Å². The van der Waals surface area contributed by atoms with Gasteiger partial charge in [-0.2, -0.15) is 10.5 Å². The van der Waals surface area contributed by atoms with Gasteiger partial charge in [-0.25, -0.2) is 0 Å². The largest absolute Gasteiger partial charge is 0.493 e. The lowest BCUT2D eigenvalue weighted by atomic mass is 10.00. The van der Waals surface area contributed by atoms with E-state index in [0.717, 1.165) is 0 Å². The number of nitrogens with zero attached hydrogens (tertiary/aromatic N) is 2. The van der Waals surface area contributed by atoms with E-state index in [1.807, 2.05) is 0 Å². The Hall–Kier alpha value is -2.53. The Bertz CT molecular complexity index is 512. The van der Waals surface area contributed by atoms with Crippen molar-refractivity contribution in [3.8, 4) is 23.6 Å². The normalized spacial score (nSPS) is 9.39. The minimum Gasteiger partial charge on any atom is -0.493 e. The number of ether oxygens (including phenoxy) is 2. The number of ketones is 1. The van der Waals surface area contributed by atoms with Gasteiger partial charge in [-0.3, -0.25) is 4.79 Å². The quantitative estimate of drug-likeness (QED) is 0.739. The summed E-state index contributed by atoms with van der Waals surface area (Å²) in [6.07, 6.45) is 0. The van der Waals surface area contributed by atoms with Crippen molar-refractivity contribution in [3.63, 3.8) is 0 Å². The van der Waals surface area contributed by atoms with Crippen molar-refractivity contribution in [1.29, 1.82) is 10.5 Å². The minimum absolute atomic E-state index is 0.257. The van der Waals surface area contributed by atoms with Crippen LogP contribution in [0.25, 0.3) is 0 Å². The molecule has 0 aromatic heterocycles. The number of hydrogen-bond donors (Lipinski definition) is 0. The monoisotopic (exact) mass is 244 g/mol. The van der Waals surface area contributed by atoms with E-state index in [0.29, 0.717) is 18.1 Å². The van der Waals surface area contributed by atoms with Gasteiger partial charge in [0.25, 0.3) is 0 Å². The second kappa shape index (κ2) is 6.27. The molecule has 1 aromatic carbocycles. The highest BCUT2D eigenvalue weighted by molar-refractivity contribution is 6.01. The van der Waals surface area contributed by atoms with Gasteiger partial charge in [0.1, 0.15) is 0 Å². The van der Waals surface area contributed by atoms with Crippen LogP contribution >= 0.6 is 0 Å². The van der Waals surface area contributed by atoms with Crippen molar-refractivity contribution < 1.29 is 14.3 Å². The van der Waals surface area contributed by atoms with Gasteiger partial charge in [-0.1, -0.05) is 0 Å².